The highest BCUT2D eigenvalue weighted by Gasteiger charge is 2.59. The van der Waals surface area contributed by atoms with Crippen LogP contribution >= 0.6 is 0 Å². The van der Waals surface area contributed by atoms with E-state index >= 15 is 0 Å². The van der Waals surface area contributed by atoms with E-state index in [-0.39, 0.29) is 5.92 Å². The molecule has 92 valence electrons. The van der Waals surface area contributed by atoms with Crippen molar-refractivity contribution >= 4 is 5.97 Å². The molecule has 3 N–H and O–H groups in total. The minimum absolute atomic E-state index is 0.218. The molecule has 5 nitrogen and oxygen atoms in total. The first-order chi connectivity index (χ1) is 8.04. The van der Waals surface area contributed by atoms with Gasteiger partial charge in [0.15, 0.2) is 11.5 Å². The van der Waals surface area contributed by atoms with Crippen molar-refractivity contribution in [3.63, 3.8) is 0 Å². The number of nitrogens with two attached hydrogens (primary N) is 1. The maximum Gasteiger partial charge on any atom is 0.324 e. The van der Waals surface area contributed by atoms with Crippen molar-refractivity contribution in [1.82, 2.24) is 0 Å². The number of hydrogen-bond donors (Lipinski definition) is 2. The standard InChI is InChI=1S/C12H15NO4/c1-16-9-5-3-4-7(10(9)17-2)8-6-12(8,13)11(14)15/h3-5,8H,6,13H2,1-2H3,(H,14,15)/t8-,12-/m1/s1. The molecule has 0 spiro atoms. The van der Waals surface area contributed by atoms with Gasteiger partial charge in [0.1, 0.15) is 5.54 Å². The molecule has 1 aromatic rings. The first-order valence-corrected chi connectivity index (χ1v) is 5.27. The van der Waals surface area contributed by atoms with E-state index in [4.69, 9.17) is 20.3 Å². The summed E-state index contributed by atoms with van der Waals surface area (Å²) >= 11 is 0. The van der Waals surface area contributed by atoms with E-state index in [1.54, 1.807) is 19.2 Å². The molecule has 0 saturated heterocycles. The second kappa shape index (κ2) is 3.92. The number of benzene rings is 1. The third-order valence-electron chi connectivity index (χ3n) is 3.21. The number of ether oxygens (including phenoxy) is 2. The van der Waals surface area contributed by atoms with E-state index in [2.05, 4.69) is 0 Å². The number of carboxylic acids is 1. The average Bonchev–Trinajstić information content (AvgIpc) is 3.02. The fourth-order valence-electron chi connectivity index (χ4n) is 2.09. The summed E-state index contributed by atoms with van der Waals surface area (Å²) in [5.74, 6) is -0.0457. The number of carboxylic acid groups (broad SMARTS) is 1. The van der Waals surface area contributed by atoms with Gasteiger partial charge in [-0.2, -0.15) is 0 Å². The molecule has 5 heteroatoms. The van der Waals surface area contributed by atoms with Crippen molar-refractivity contribution in [2.24, 2.45) is 5.73 Å². The van der Waals surface area contributed by atoms with Crippen molar-refractivity contribution in [3.8, 4) is 11.5 Å². The predicted molar refractivity (Wildman–Crippen MR) is 61.5 cm³/mol. The normalized spacial score (nSPS) is 26.4. The molecule has 17 heavy (non-hydrogen) atoms. The maximum absolute atomic E-state index is 11.0. The van der Waals surface area contributed by atoms with Crippen LogP contribution < -0.4 is 15.2 Å². The van der Waals surface area contributed by atoms with E-state index in [9.17, 15) is 4.79 Å². The number of methoxy groups -OCH3 is 2. The van der Waals surface area contributed by atoms with E-state index in [0.29, 0.717) is 17.9 Å². The fourth-order valence-corrected chi connectivity index (χ4v) is 2.09. The molecule has 2 atom stereocenters. The van der Waals surface area contributed by atoms with Crippen LogP contribution in [0.4, 0.5) is 0 Å². The van der Waals surface area contributed by atoms with Crippen molar-refractivity contribution in [2.45, 2.75) is 17.9 Å². The monoisotopic (exact) mass is 237 g/mol. The van der Waals surface area contributed by atoms with Crippen LogP contribution in [-0.2, 0) is 4.79 Å². The summed E-state index contributed by atoms with van der Waals surface area (Å²) in [6, 6.07) is 5.39. The zero-order valence-electron chi connectivity index (χ0n) is 9.77. The number of carbonyl (C=O) groups is 1. The fraction of sp³-hybridized carbons (Fsp3) is 0.417. The summed E-state index contributed by atoms with van der Waals surface area (Å²) in [5, 5.41) is 9.04. The molecule has 1 aromatic carbocycles. The van der Waals surface area contributed by atoms with Crippen molar-refractivity contribution < 1.29 is 19.4 Å². The predicted octanol–water partition coefficient (Wildman–Crippen LogP) is 0.973. The van der Waals surface area contributed by atoms with Crippen LogP contribution in [0.3, 0.4) is 0 Å². The van der Waals surface area contributed by atoms with Crippen LogP contribution in [0.5, 0.6) is 11.5 Å². The molecule has 0 unspecified atom stereocenters. The lowest BCUT2D eigenvalue weighted by molar-refractivity contribution is -0.139. The minimum Gasteiger partial charge on any atom is -0.493 e. The zero-order valence-corrected chi connectivity index (χ0v) is 9.77. The molecule has 0 radical (unpaired) electrons. The van der Waals surface area contributed by atoms with Crippen LogP contribution in [0.1, 0.15) is 17.9 Å². The van der Waals surface area contributed by atoms with Gasteiger partial charge in [-0.05, 0) is 12.5 Å². The molecule has 2 rings (SSSR count). The lowest BCUT2D eigenvalue weighted by Gasteiger charge is -2.13. The van der Waals surface area contributed by atoms with Crippen LogP contribution in [0, 0.1) is 0 Å². The number of rotatable bonds is 4. The van der Waals surface area contributed by atoms with Gasteiger partial charge in [0.05, 0.1) is 14.2 Å². The number of aliphatic carboxylic acids is 1. The van der Waals surface area contributed by atoms with Gasteiger partial charge in [-0.25, -0.2) is 0 Å². The summed E-state index contributed by atoms with van der Waals surface area (Å²) in [6.07, 6.45) is 0.422. The third-order valence-corrected chi connectivity index (χ3v) is 3.21. The van der Waals surface area contributed by atoms with Crippen LogP contribution in [0.15, 0.2) is 18.2 Å². The van der Waals surface area contributed by atoms with Gasteiger partial charge < -0.3 is 20.3 Å². The van der Waals surface area contributed by atoms with E-state index < -0.39 is 11.5 Å². The van der Waals surface area contributed by atoms with Gasteiger partial charge in [-0.1, -0.05) is 12.1 Å². The first-order valence-electron chi connectivity index (χ1n) is 5.27. The van der Waals surface area contributed by atoms with Crippen LogP contribution in [0.25, 0.3) is 0 Å². The second-order valence-corrected chi connectivity index (χ2v) is 4.18. The second-order valence-electron chi connectivity index (χ2n) is 4.18. The number of para-hydroxylation sites is 1. The molecule has 1 saturated carbocycles. The van der Waals surface area contributed by atoms with Crippen molar-refractivity contribution in [2.75, 3.05) is 14.2 Å². The Hall–Kier alpha value is -1.75. The van der Waals surface area contributed by atoms with Crippen LogP contribution in [-0.4, -0.2) is 30.8 Å². The summed E-state index contributed by atoms with van der Waals surface area (Å²) in [4.78, 5) is 11.0. The Labute approximate surface area is 99.1 Å². The highest BCUT2D eigenvalue weighted by Crippen LogP contribution is 2.53. The minimum atomic E-state index is -1.17. The quantitative estimate of drug-likeness (QED) is 0.815. The molecular weight excluding hydrogens is 222 g/mol. The molecule has 0 aromatic heterocycles. The van der Waals surface area contributed by atoms with Crippen LogP contribution in [0.2, 0.25) is 0 Å². The van der Waals surface area contributed by atoms with E-state index in [1.165, 1.54) is 7.11 Å². The topological polar surface area (TPSA) is 81.8 Å². The largest absolute Gasteiger partial charge is 0.493 e. The van der Waals surface area contributed by atoms with Gasteiger partial charge in [0.2, 0.25) is 0 Å². The highest BCUT2D eigenvalue weighted by atomic mass is 16.5. The van der Waals surface area contributed by atoms with Gasteiger partial charge in [-0.3, -0.25) is 4.79 Å². The molecular formula is C12H15NO4. The Balaban J connectivity index is 2.38. The van der Waals surface area contributed by atoms with Gasteiger partial charge >= 0.3 is 5.97 Å². The number of hydrogen-bond acceptors (Lipinski definition) is 4. The Bertz CT molecular complexity index is 460. The Kier molecular flexibility index (Phi) is 2.71. The molecule has 0 bridgehead atoms. The molecule has 1 aliphatic rings. The SMILES string of the molecule is COc1cccc([C@H]2C[C@]2(N)C(=O)O)c1OC. The summed E-state index contributed by atoms with van der Waals surface area (Å²) < 4.78 is 10.4. The van der Waals surface area contributed by atoms with E-state index in [1.807, 2.05) is 6.07 Å². The molecule has 0 heterocycles. The van der Waals surface area contributed by atoms with E-state index in [0.717, 1.165) is 5.56 Å². The zero-order chi connectivity index (χ0) is 12.6. The maximum atomic E-state index is 11.0. The summed E-state index contributed by atoms with van der Waals surface area (Å²) in [7, 11) is 3.07. The Morgan fingerprint density at radius 1 is 1.47 bits per heavy atom. The van der Waals surface area contributed by atoms with Crippen molar-refractivity contribution in [3.05, 3.63) is 23.8 Å². The van der Waals surface area contributed by atoms with Gasteiger partial charge in [-0.15, -0.1) is 0 Å². The molecule has 0 aliphatic heterocycles. The van der Waals surface area contributed by atoms with Gasteiger partial charge in [0, 0.05) is 11.5 Å². The highest BCUT2D eigenvalue weighted by molar-refractivity contribution is 5.85. The lowest BCUT2D eigenvalue weighted by Crippen LogP contribution is -2.34. The summed E-state index contributed by atoms with van der Waals surface area (Å²) in [5.41, 5.74) is 5.41. The summed E-state index contributed by atoms with van der Waals surface area (Å²) in [6.45, 7) is 0. The third kappa shape index (κ3) is 1.72. The molecule has 0 amide bonds. The molecule has 1 fully saturated rings. The lowest BCUT2D eigenvalue weighted by atomic mass is 10.0. The first kappa shape index (κ1) is 11.7. The average molecular weight is 237 g/mol. The Morgan fingerprint density at radius 3 is 2.65 bits per heavy atom. The smallest absolute Gasteiger partial charge is 0.324 e. The molecule has 1 aliphatic carbocycles. The van der Waals surface area contributed by atoms with Crippen molar-refractivity contribution in [1.29, 1.82) is 0 Å². The Morgan fingerprint density at radius 2 is 2.18 bits per heavy atom. The van der Waals surface area contributed by atoms with Gasteiger partial charge in [0.25, 0.3) is 0 Å².